The molecule has 0 aliphatic heterocycles. The number of carbonyl (C=O) groups is 1. The predicted molar refractivity (Wildman–Crippen MR) is 101 cm³/mol. The molecule has 0 fully saturated rings. The number of nitrogens with zero attached hydrogens (tertiary/aromatic N) is 1. The zero-order chi connectivity index (χ0) is 19.2. The number of methoxy groups -OCH3 is 2. The largest absolute Gasteiger partial charge is 0.497 e. The minimum Gasteiger partial charge on any atom is -0.497 e. The fraction of sp³-hybridized carbons (Fsp3) is 0.278. The van der Waals surface area contributed by atoms with E-state index >= 15 is 0 Å². The quantitative estimate of drug-likeness (QED) is 0.763. The maximum absolute atomic E-state index is 12.2. The summed E-state index contributed by atoms with van der Waals surface area (Å²) in [6, 6.07) is 13.7. The van der Waals surface area contributed by atoms with Crippen LogP contribution in [0.3, 0.4) is 0 Å². The van der Waals surface area contributed by atoms with Gasteiger partial charge in [0.1, 0.15) is 11.5 Å². The summed E-state index contributed by atoms with van der Waals surface area (Å²) in [7, 11) is -0.543. The number of carbonyl (C=O) groups excluding carboxylic acids is 1. The van der Waals surface area contributed by atoms with Crippen molar-refractivity contribution in [2.75, 3.05) is 36.6 Å². The van der Waals surface area contributed by atoms with Gasteiger partial charge in [0.2, 0.25) is 15.9 Å². The second kappa shape index (κ2) is 8.57. The van der Waals surface area contributed by atoms with Gasteiger partial charge in [-0.3, -0.25) is 9.10 Å². The van der Waals surface area contributed by atoms with Crippen LogP contribution >= 0.6 is 0 Å². The van der Waals surface area contributed by atoms with E-state index in [1.54, 1.807) is 55.6 Å². The topological polar surface area (TPSA) is 84.9 Å². The van der Waals surface area contributed by atoms with E-state index in [1.165, 1.54) is 11.4 Å². The van der Waals surface area contributed by atoms with Gasteiger partial charge < -0.3 is 14.8 Å². The molecule has 1 amide bonds. The lowest BCUT2D eigenvalue weighted by Gasteiger charge is -2.24. The van der Waals surface area contributed by atoms with Crippen LogP contribution < -0.4 is 19.1 Å². The number of hydrogen-bond donors (Lipinski definition) is 1. The lowest BCUT2D eigenvalue weighted by molar-refractivity contribution is -0.116. The molecule has 0 aromatic heterocycles. The fourth-order valence-electron chi connectivity index (χ4n) is 2.40. The zero-order valence-corrected chi connectivity index (χ0v) is 15.7. The fourth-order valence-corrected chi connectivity index (χ4v) is 3.33. The van der Waals surface area contributed by atoms with E-state index in [0.717, 1.165) is 6.26 Å². The van der Waals surface area contributed by atoms with Crippen molar-refractivity contribution in [2.24, 2.45) is 0 Å². The highest BCUT2D eigenvalue weighted by atomic mass is 32.2. The van der Waals surface area contributed by atoms with Crippen LogP contribution in [0.5, 0.6) is 11.5 Å². The van der Waals surface area contributed by atoms with Gasteiger partial charge in [0.15, 0.2) is 0 Å². The summed E-state index contributed by atoms with van der Waals surface area (Å²) < 4.78 is 35.8. The van der Waals surface area contributed by atoms with Gasteiger partial charge in [-0.2, -0.15) is 0 Å². The molecular formula is C18H22N2O5S. The van der Waals surface area contributed by atoms with E-state index in [0.29, 0.717) is 22.9 Å². The predicted octanol–water partition coefficient (Wildman–Crippen LogP) is 2.50. The molecule has 2 aromatic carbocycles. The molecule has 0 atom stereocenters. The Morgan fingerprint density at radius 2 is 1.69 bits per heavy atom. The number of nitrogens with one attached hydrogen (secondary N) is 1. The molecule has 0 spiro atoms. The van der Waals surface area contributed by atoms with Crippen molar-refractivity contribution in [3.63, 3.8) is 0 Å². The molecule has 2 aromatic rings. The number of sulfonamides is 1. The van der Waals surface area contributed by atoms with Crippen LogP contribution in [0.15, 0.2) is 48.5 Å². The Bertz CT molecular complexity index is 850. The standard InChI is InChI=1S/C18H22N2O5S/c1-24-15-10-8-14(9-11-15)19-18(21)12-13-20(26(3,22)23)16-6-4-5-7-17(16)25-2/h4-11H,12-13H2,1-3H3,(H,19,21). The average Bonchev–Trinajstić information content (AvgIpc) is 2.61. The molecule has 140 valence electrons. The highest BCUT2D eigenvalue weighted by molar-refractivity contribution is 7.92. The Morgan fingerprint density at radius 3 is 2.27 bits per heavy atom. The number of ether oxygens (including phenoxy) is 2. The van der Waals surface area contributed by atoms with Gasteiger partial charge in [-0.25, -0.2) is 8.42 Å². The third-order valence-corrected chi connectivity index (χ3v) is 4.85. The molecule has 0 aliphatic rings. The van der Waals surface area contributed by atoms with Gasteiger partial charge in [-0.15, -0.1) is 0 Å². The minimum absolute atomic E-state index is 0.00119. The van der Waals surface area contributed by atoms with Crippen molar-refractivity contribution in [2.45, 2.75) is 6.42 Å². The van der Waals surface area contributed by atoms with Gasteiger partial charge in [0, 0.05) is 18.7 Å². The van der Waals surface area contributed by atoms with Crippen LogP contribution in [-0.4, -0.2) is 41.3 Å². The number of anilines is 2. The van der Waals surface area contributed by atoms with Crippen LogP contribution in [0, 0.1) is 0 Å². The first-order valence-electron chi connectivity index (χ1n) is 7.90. The Balaban J connectivity index is 2.08. The van der Waals surface area contributed by atoms with Crippen molar-refractivity contribution < 1.29 is 22.7 Å². The lowest BCUT2D eigenvalue weighted by atomic mass is 10.2. The lowest BCUT2D eigenvalue weighted by Crippen LogP contribution is -2.33. The molecule has 8 heteroatoms. The van der Waals surface area contributed by atoms with E-state index < -0.39 is 10.0 Å². The molecule has 0 radical (unpaired) electrons. The van der Waals surface area contributed by atoms with Gasteiger partial charge in [0.05, 0.1) is 26.2 Å². The Morgan fingerprint density at radius 1 is 1.04 bits per heavy atom. The summed E-state index contributed by atoms with van der Waals surface area (Å²) >= 11 is 0. The van der Waals surface area contributed by atoms with Crippen LogP contribution in [-0.2, 0) is 14.8 Å². The SMILES string of the molecule is COc1ccc(NC(=O)CCN(c2ccccc2OC)S(C)(=O)=O)cc1. The number of amides is 1. The van der Waals surface area contributed by atoms with Crippen LogP contribution in [0.25, 0.3) is 0 Å². The van der Waals surface area contributed by atoms with Gasteiger partial charge in [0.25, 0.3) is 0 Å². The summed E-state index contributed by atoms with van der Waals surface area (Å²) in [5.41, 5.74) is 1.01. The van der Waals surface area contributed by atoms with Gasteiger partial charge in [-0.1, -0.05) is 12.1 Å². The molecule has 0 saturated carbocycles. The number of hydrogen-bond acceptors (Lipinski definition) is 5. The van der Waals surface area contributed by atoms with Crippen molar-refractivity contribution in [3.05, 3.63) is 48.5 Å². The summed E-state index contributed by atoms with van der Waals surface area (Å²) in [4.78, 5) is 12.2. The first-order valence-corrected chi connectivity index (χ1v) is 9.74. The molecule has 0 heterocycles. The Hall–Kier alpha value is -2.74. The second-order valence-electron chi connectivity index (χ2n) is 5.53. The molecule has 0 aliphatic carbocycles. The molecule has 0 unspecified atom stereocenters. The van der Waals surface area contributed by atoms with Crippen LogP contribution in [0.1, 0.15) is 6.42 Å². The van der Waals surface area contributed by atoms with E-state index in [4.69, 9.17) is 9.47 Å². The molecule has 1 N–H and O–H groups in total. The van der Waals surface area contributed by atoms with E-state index in [9.17, 15) is 13.2 Å². The minimum atomic E-state index is -3.57. The van der Waals surface area contributed by atoms with E-state index in [2.05, 4.69) is 5.32 Å². The van der Waals surface area contributed by atoms with Crippen LogP contribution in [0.2, 0.25) is 0 Å². The molecular weight excluding hydrogens is 356 g/mol. The van der Waals surface area contributed by atoms with Crippen molar-refractivity contribution in [1.82, 2.24) is 0 Å². The monoisotopic (exact) mass is 378 g/mol. The summed E-state index contributed by atoms with van der Waals surface area (Å²) in [6.07, 6.45) is 1.10. The van der Waals surface area contributed by atoms with Crippen LogP contribution in [0.4, 0.5) is 11.4 Å². The molecule has 26 heavy (non-hydrogen) atoms. The number of rotatable bonds is 8. The molecule has 0 saturated heterocycles. The Labute approximate surface area is 153 Å². The summed E-state index contributed by atoms with van der Waals surface area (Å²) in [6.45, 7) is 0.00119. The third-order valence-electron chi connectivity index (χ3n) is 3.67. The number of benzene rings is 2. The van der Waals surface area contributed by atoms with Crippen molar-refractivity contribution in [3.8, 4) is 11.5 Å². The molecule has 7 nitrogen and oxygen atoms in total. The van der Waals surface area contributed by atoms with Gasteiger partial charge in [-0.05, 0) is 36.4 Å². The van der Waals surface area contributed by atoms with Crippen molar-refractivity contribution in [1.29, 1.82) is 0 Å². The average molecular weight is 378 g/mol. The first-order chi connectivity index (χ1) is 12.3. The zero-order valence-electron chi connectivity index (χ0n) is 14.9. The van der Waals surface area contributed by atoms with Crippen molar-refractivity contribution >= 4 is 27.3 Å². The maximum atomic E-state index is 12.2. The highest BCUT2D eigenvalue weighted by Crippen LogP contribution is 2.29. The van der Waals surface area contributed by atoms with Gasteiger partial charge >= 0.3 is 0 Å². The summed E-state index contributed by atoms with van der Waals surface area (Å²) in [5, 5.41) is 2.73. The summed E-state index contributed by atoms with van der Waals surface area (Å²) in [5.74, 6) is 0.814. The smallest absolute Gasteiger partial charge is 0.232 e. The normalized spacial score (nSPS) is 10.9. The molecule has 0 bridgehead atoms. The third kappa shape index (κ3) is 5.13. The molecule has 2 rings (SSSR count). The maximum Gasteiger partial charge on any atom is 0.232 e. The van der Waals surface area contributed by atoms with E-state index in [-0.39, 0.29) is 18.9 Å². The highest BCUT2D eigenvalue weighted by Gasteiger charge is 2.21. The second-order valence-corrected chi connectivity index (χ2v) is 7.44. The Kier molecular flexibility index (Phi) is 6.46. The number of para-hydroxylation sites is 2. The van der Waals surface area contributed by atoms with E-state index in [1.807, 2.05) is 0 Å². The first kappa shape index (κ1) is 19.6.